The number of hydrogen-bond acceptors (Lipinski definition) is 6. The fraction of sp³-hybridized carbons (Fsp3) is 0.955. The first kappa shape index (κ1) is 29.5. The van der Waals surface area contributed by atoms with E-state index in [0.29, 0.717) is 13.0 Å². The van der Waals surface area contributed by atoms with Crippen LogP contribution in [0.5, 0.6) is 0 Å². The van der Waals surface area contributed by atoms with Gasteiger partial charge in [-0.2, -0.15) is 0 Å². The van der Waals surface area contributed by atoms with Crippen LogP contribution < -0.4 is 0 Å². The van der Waals surface area contributed by atoms with Gasteiger partial charge in [-0.1, -0.05) is 84.5 Å². The Morgan fingerprint density at radius 3 is 1.29 bits per heavy atom. The number of carbonyl (C=O) groups excluding carboxylic acids is 1. The van der Waals surface area contributed by atoms with E-state index in [2.05, 4.69) is 6.92 Å². The number of unbranched alkanes of at least 4 members (excludes halogenated alkanes) is 11. The van der Waals surface area contributed by atoms with Gasteiger partial charge in [0, 0.05) is 6.42 Å². The lowest BCUT2D eigenvalue weighted by molar-refractivity contribution is -0.143. The Hall–Kier alpha value is -0.690. The summed E-state index contributed by atoms with van der Waals surface area (Å²) in [6.07, 6.45) is 16.6. The monoisotopic (exact) mass is 406 g/mol. The van der Waals surface area contributed by atoms with Crippen molar-refractivity contribution in [2.24, 2.45) is 5.41 Å². The van der Waals surface area contributed by atoms with Gasteiger partial charge in [-0.3, -0.25) is 4.79 Å². The molecule has 0 aromatic carbocycles. The minimum absolute atomic E-state index is 0.0666. The van der Waals surface area contributed by atoms with Gasteiger partial charge in [-0.15, -0.1) is 0 Å². The normalized spacial score (nSPS) is 11.1. The van der Waals surface area contributed by atoms with E-state index in [1.165, 1.54) is 70.6 Å². The van der Waals surface area contributed by atoms with Crippen LogP contribution in [0.25, 0.3) is 0 Å². The van der Waals surface area contributed by atoms with Gasteiger partial charge in [0.15, 0.2) is 0 Å². The molecule has 0 radical (unpaired) electrons. The van der Waals surface area contributed by atoms with Crippen molar-refractivity contribution < 1.29 is 30.0 Å². The zero-order valence-electron chi connectivity index (χ0n) is 18.3. The predicted octanol–water partition coefficient (Wildman–Crippen LogP) is 3.58. The maximum atomic E-state index is 10.9. The molecule has 0 bridgehead atoms. The molecular weight excluding hydrogens is 360 g/mol. The van der Waals surface area contributed by atoms with Crippen molar-refractivity contribution in [3.8, 4) is 0 Å². The van der Waals surface area contributed by atoms with Crippen LogP contribution in [0.1, 0.15) is 97.3 Å². The molecule has 4 N–H and O–H groups in total. The number of aliphatic hydroxyl groups is 4. The molecule has 0 atom stereocenters. The maximum absolute atomic E-state index is 10.9. The van der Waals surface area contributed by atoms with Crippen LogP contribution in [0.3, 0.4) is 0 Å². The lowest BCUT2D eigenvalue weighted by atomic mass is 9.93. The number of esters is 1. The van der Waals surface area contributed by atoms with Gasteiger partial charge in [0.1, 0.15) is 0 Å². The molecule has 0 fully saturated rings. The van der Waals surface area contributed by atoms with Gasteiger partial charge >= 0.3 is 5.97 Å². The third-order valence-electron chi connectivity index (χ3n) is 4.89. The summed E-state index contributed by atoms with van der Waals surface area (Å²) in [6, 6.07) is 0. The minimum atomic E-state index is -1.11. The average molecular weight is 407 g/mol. The third-order valence-corrected chi connectivity index (χ3v) is 4.89. The number of ether oxygens (including phenoxy) is 1. The second-order valence-electron chi connectivity index (χ2n) is 7.60. The van der Waals surface area contributed by atoms with Gasteiger partial charge in [0.25, 0.3) is 0 Å². The van der Waals surface area contributed by atoms with Crippen molar-refractivity contribution in [1.29, 1.82) is 0 Å². The molecule has 28 heavy (non-hydrogen) atoms. The Morgan fingerprint density at radius 1 is 0.643 bits per heavy atom. The molecule has 0 unspecified atom stereocenters. The summed E-state index contributed by atoms with van der Waals surface area (Å²) in [6.45, 7) is 3.10. The molecule has 0 aromatic rings. The Bertz CT molecular complexity index is 301. The molecule has 0 amide bonds. The van der Waals surface area contributed by atoms with E-state index in [4.69, 9.17) is 25.2 Å². The molecule has 0 aliphatic carbocycles. The van der Waals surface area contributed by atoms with Crippen LogP contribution in [0.2, 0.25) is 0 Å². The van der Waals surface area contributed by atoms with Crippen LogP contribution in [-0.2, 0) is 9.53 Å². The fourth-order valence-electron chi connectivity index (χ4n) is 2.53. The Morgan fingerprint density at radius 2 is 1.00 bits per heavy atom. The molecule has 0 rings (SSSR count). The molecule has 0 aliphatic heterocycles. The van der Waals surface area contributed by atoms with Crippen LogP contribution in [-0.4, -0.2) is 59.4 Å². The number of carbonyl (C=O) groups is 1. The second-order valence-corrected chi connectivity index (χ2v) is 7.60. The van der Waals surface area contributed by atoms with Crippen molar-refractivity contribution in [2.45, 2.75) is 97.3 Å². The van der Waals surface area contributed by atoms with E-state index in [0.717, 1.165) is 6.42 Å². The first-order valence-electron chi connectivity index (χ1n) is 11.1. The summed E-state index contributed by atoms with van der Waals surface area (Å²) in [5.74, 6) is -0.0666. The standard InChI is InChI=1S/C17H34O2.C5H12O4/c1-3-5-6-7-8-9-10-11-12-13-14-15-16-19-17(18)4-2;6-1-5(2-7,3-8)4-9/h3-16H2,1-2H3;6-9H,1-4H2. The summed E-state index contributed by atoms with van der Waals surface area (Å²) in [4.78, 5) is 10.9. The highest BCUT2D eigenvalue weighted by Crippen LogP contribution is 2.12. The topological polar surface area (TPSA) is 107 Å². The van der Waals surface area contributed by atoms with Gasteiger partial charge in [0.2, 0.25) is 0 Å². The van der Waals surface area contributed by atoms with Crippen molar-refractivity contribution in [1.82, 2.24) is 0 Å². The predicted molar refractivity (Wildman–Crippen MR) is 113 cm³/mol. The summed E-state index contributed by atoms with van der Waals surface area (Å²) < 4.78 is 5.04. The molecule has 0 heterocycles. The molecule has 0 aromatic heterocycles. The fourth-order valence-corrected chi connectivity index (χ4v) is 2.53. The van der Waals surface area contributed by atoms with Gasteiger partial charge in [-0.05, 0) is 6.42 Å². The smallest absolute Gasteiger partial charge is 0.305 e. The number of rotatable bonds is 18. The highest BCUT2D eigenvalue weighted by atomic mass is 16.5. The van der Waals surface area contributed by atoms with Crippen LogP contribution in [0.4, 0.5) is 0 Å². The Kier molecular flexibility index (Phi) is 23.8. The molecule has 6 nitrogen and oxygen atoms in total. The molecule has 0 saturated carbocycles. The van der Waals surface area contributed by atoms with Gasteiger partial charge in [0.05, 0.1) is 38.4 Å². The number of aliphatic hydroxyl groups excluding tert-OH is 4. The van der Waals surface area contributed by atoms with E-state index in [1.54, 1.807) is 0 Å². The van der Waals surface area contributed by atoms with Crippen LogP contribution in [0.15, 0.2) is 0 Å². The SMILES string of the molecule is CCCCCCCCCCCCCCOC(=O)CC.OCC(CO)(CO)CO. The van der Waals surface area contributed by atoms with Crippen molar-refractivity contribution in [3.05, 3.63) is 0 Å². The second kappa shape index (κ2) is 22.6. The Labute approximate surface area is 172 Å². The summed E-state index contributed by atoms with van der Waals surface area (Å²) in [5, 5.41) is 34.0. The largest absolute Gasteiger partial charge is 0.466 e. The first-order valence-corrected chi connectivity index (χ1v) is 11.1. The summed E-state index contributed by atoms with van der Waals surface area (Å²) in [5.41, 5.74) is -1.11. The van der Waals surface area contributed by atoms with E-state index in [-0.39, 0.29) is 5.97 Å². The number of hydrogen-bond donors (Lipinski definition) is 4. The van der Waals surface area contributed by atoms with E-state index in [1.807, 2.05) is 6.92 Å². The van der Waals surface area contributed by atoms with Crippen molar-refractivity contribution in [2.75, 3.05) is 33.0 Å². The highest BCUT2D eigenvalue weighted by molar-refractivity contribution is 5.68. The zero-order chi connectivity index (χ0) is 21.5. The van der Waals surface area contributed by atoms with Crippen LogP contribution >= 0.6 is 0 Å². The maximum Gasteiger partial charge on any atom is 0.305 e. The lowest BCUT2D eigenvalue weighted by Gasteiger charge is -2.23. The third kappa shape index (κ3) is 18.7. The molecule has 170 valence electrons. The molecule has 0 saturated heterocycles. The highest BCUT2D eigenvalue weighted by Gasteiger charge is 2.26. The van der Waals surface area contributed by atoms with Gasteiger partial charge < -0.3 is 25.2 Å². The van der Waals surface area contributed by atoms with Crippen LogP contribution in [0, 0.1) is 5.41 Å². The van der Waals surface area contributed by atoms with Crippen molar-refractivity contribution >= 4 is 5.97 Å². The van der Waals surface area contributed by atoms with Gasteiger partial charge in [-0.25, -0.2) is 0 Å². The zero-order valence-corrected chi connectivity index (χ0v) is 18.3. The van der Waals surface area contributed by atoms with E-state index >= 15 is 0 Å². The molecule has 6 heteroatoms. The minimum Gasteiger partial charge on any atom is -0.466 e. The van der Waals surface area contributed by atoms with E-state index < -0.39 is 31.8 Å². The Balaban J connectivity index is 0. The average Bonchev–Trinajstić information content (AvgIpc) is 2.74. The summed E-state index contributed by atoms with van der Waals surface area (Å²) in [7, 11) is 0. The molecule has 0 spiro atoms. The lowest BCUT2D eigenvalue weighted by Crippen LogP contribution is -2.37. The summed E-state index contributed by atoms with van der Waals surface area (Å²) >= 11 is 0. The van der Waals surface area contributed by atoms with Crippen molar-refractivity contribution in [3.63, 3.8) is 0 Å². The molecular formula is C22H46O6. The molecule has 0 aliphatic rings. The van der Waals surface area contributed by atoms with E-state index in [9.17, 15) is 4.79 Å². The first-order chi connectivity index (χ1) is 13.6. The quantitative estimate of drug-likeness (QED) is 0.205.